The molecule has 4 aliphatic rings. The average Bonchev–Trinajstić information content (AvgIpc) is 1.65. The minimum Gasteiger partial charge on any atom is -0.464 e. The predicted molar refractivity (Wildman–Crippen MR) is 328 cm³/mol. The number of pyridine rings is 2. The van der Waals surface area contributed by atoms with Gasteiger partial charge in [-0.3, -0.25) is 28.2 Å². The quantitative estimate of drug-likeness (QED) is 0.0280. The number of carbonyl (C=O) groups excluding carboxylic acids is 4. The maximum Gasteiger partial charge on any atom is 0.459 e. The van der Waals surface area contributed by atoms with Crippen LogP contribution < -0.4 is 39.8 Å². The van der Waals surface area contributed by atoms with E-state index in [-0.39, 0.29) is 37.3 Å². The number of nitrogens with zero attached hydrogens (tertiary/aromatic N) is 2. The summed E-state index contributed by atoms with van der Waals surface area (Å²) in [6.07, 6.45) is 1.27. The number of ether oxygens (including phenoxy) is 8. The van der Waals surface area contributed by atoms with Crippen LogP contribution in [0.1, 0.15) is 116 Å². The molecule has 0 radical (unpaired) electrons. The van der Waals surface area contributed by atoms with Crippen molar-refractivity contribution in [2.24, 2.45) is 22.3 Å². The molecule has 484 valence electrons. The zero-order valence-electron chi connectivity index (χ0n) is 52.6. The van der Waals surface area contributed by atoms with Gasteiger partial charge < -0.3 is 58.4 Å². The second kappa shape index (κ2) is 27.2. The molecule has 0 spiro atoms. The average molecular weight is 1290 g/mol. The molecule has 6 unspecified atom stereocenters. The number of carbonyl (C=O) groups is 4. The number of amides is 2. The molecule has 24 nitrogen and oxygen atoms in total. The van der Waals surface area contributed by atoms with Gasteiger partial charge in [0.2, 0.25) is 0 Å². The van der Waals surface area contributed by atoms with E-state index >= 15 is 0 Å². The van der Waals surface area contributed by atoms with Gasteiger partial charge in [0, 0.05) is 22.9 Å². The van der Waals surface area contributed by atoms with Crippen molar-refractivity contribution in [3.63, 3.8) is 0 Å². The summed E-state index contributed by atoms with van der Waals surface area (Å²) < 4.78 is 105. The van der Waals surface area contributed by atoms with Gasteiger partial charge in [0.25, 0.3) is 24.3 Å². The molecule has 4 aromatic carbocycles. The van der Waals surface area contributed by atoms with Crippen molar-refractivity contribution in [1.29, 1.82) is 0 Å². The molecule has 4 aliphatic heterocycles. The summed E-state index contributed by atoms with van der Waals surface area (Å²) in [7, 11) is -8.50. The molecule has 0 bridgehead atoms. The molecule has 6 N–H and O–H groups in total. The monoisotopic (exact) mass is 1280 g/mol. The second-order valence-electron chi connectivity index (χ2n) is 25.8. The van der Waals surface area contributed by atoms with Crippen molar-refractivity contribution < 1.29 is 93.4 Å². The van der Waals surface area contributed by atoms with Gasteiger partial charge in [0.15, 0.2) is 48.6 Å². The number of primary amides is 2. The first-order valence-corrected chi connectivity index (χ1v) is 32.7. The Balaban J connectivity index is 0.000000213. The number of benzene rings is 4. The Labute approximate surface area is 523 Å². The summed E-state index contributed by atoms with van der Waals surface area (Å²) >= 11 is 0. The Hall–Kier alpha value is -6.76. The Morgan fingerprint density at radius 3 is 1.26 bits per heavy atom. The molecule has 10 rings (SSSR count). The van der Waals surface area contributed by atoms with Gasteiger partial charge in [-0.15, -0.1) is 0 Å². The van der Waals surface area contributed by atoms with Crippen LogP contribution in [0.15, 0.2) is 134 Å². The Morgan fingerprint density at radius 2 is 0.889 bits per heavy atom. The van der Waals surface area contributed by atoms with Crippen LogP contribution in [0.5, 0.6) is 11.5 Å². The van der Waals surface area contributed by atoms with Crippen molar-refractivity contribution in [1.82, 2.24) is 10.2 Å². The van der Waals surface area contributed by atoms with E-state index in [0.29, 0.717) is 33.4 Å². The lowest BCUT2D eigenvalue weighted by Gasteiger charge is -2.26. The Morgan fingerprint density at radius 1 is 0.533 bits per heavy atom. The Bertz CT molecular complexity index is 3440. The van der Waals surface area contributed by atoms with E-state index in [4.69, 9.17) is 67.5 Å². The van der Waals surface area contributed by atoms with Gasteiger partial charge in [-0.25, -0.2) is 9.13 Å². The van der Waals surface area contributed by atoms with E-state index < -0.39 is 112 Å². The van der Waals surface area contributed by atoms with Crippen molar-refractivity contribution in [3.05, 3.63) is 145 Å². The Kier molecular flexibility index (Phi) is 20.4. The molecular formula is C64H82N6O18P2+2. The van der Waals surface area contributed by atoms with Crippen LogP contribution in [0, 0.1) is 10.8 Å². The molecule has 6 aromatic rings. The van der Waals surface area contributed by atoms with E-state index in [9.17, 15) is 28.3 Å². The van der Waals surface area contributed by atoms with Gasteiger partial charge in [-0.2, -0.15) is 19.3 Å². The molecule has 90 heavy (non-hydrogen) atoms. The van der Waals surface area contributed by atoms with Gasteiger partial charge in [0.1, 0.15) is 59.1 Å². The van der Waals surface area contributed by atoms with Gasteiger partial charge in [0.05, 0.1) is 26.4 Å². The van der Waals surface area contributed by atoms with E-state index in [1.165, 1.54) is 13.8 Å². The summed E-state index contributed by atoms with van der Waals surface area (Å²) in [6, 6.07) is 30.2. The van der Waals surface area contributed by atoms with Crippen LogP contribution >= 0.6 is 15.5 Å². The summed E-state index contributed by atoms with van der Waals surface area (Å²) in [6.45, 7) is 21.7. The normalized spacial score (nSPS) is 24.5. The van der Waals surface area contributed by atoms with Crippen molar-refractivity contribution in [2.75, 3.05) is 26.4 Å². The minimum atomic E-state index is -4.25. The van der Waals surface area contributed by atoms with Crippen molar-refractivity contribution >= 4 is 60.8 Å². The zero-order valence-corrected chi connectivity index (χ0v) is 54.4. The molecule has 12 atom stereocenters. The zero-order chi connectivity index (χ0) is 65.1. The highest BCUT2D eigenvalue weighted by Crippen LogP contribution is 2.51. The van der Waals surface area contributed by atoms with E-state index in [1.807, 2.05) is 102 Å². The SMILES string of the molecule is CC(NP(=O)(OCC1O[C@@H]([n+]2cccc(C(N)=O)c2)[C@@H]2OC(C)(C)O[C@H]12)Oc1cccc2ccccc12)C(=O)OCC(C)(C)C.CC(NP(=O)(OCC1O[C@@H]([n+]2cccc(C(N)=O)c2)[C@@H]2OC(C)(C)O[C@H]12)Oc1cccc2ccccc12)C(=O)OCC(C)(C)C. The van der Waals surface area contributed by atoms with Crippen LogP contribution in [0.4, 0.5) is 0 Å². The lowest BCUT2D eigenvalue weighted by molar-refractivity contribution is -0.766. The molecule has 0 aliphatic carbocycles. The number of fused-ring (bicyclic) bond motifs is 4. The summed E-state index contributed by atoms with van der Waals surface area (Å²) in [5, 5.41) is 8.69. The topological polar surface area (TPSA) is 297 Å². The first-order valence-electron chi connectivity index (χ1n) is 29.6. The maximum absolute atomic E-state index is 14.4. The van der Waals surface area contributed by atoms with Crippen LogP contribution in [0.2, 0.25) is 0 Å². The van der Waals surface area contributed by atoms with E-state index in [0.717, 1.165) is 10.8 Å². The third kappa shape index (κ3) is 17.0. The van der Waals surface area contributed by atoms with Crippen molar-refractivity contribution in [3.8, 4) is 11.5 Å². The highest BCUT2D eigenvalue weighted by Gasteiger charge is 2.61. The fourth-order valence-electron chi connectivity index (χ4n) is 10.4. The number of aromatic nitrogens is 2. The number of esters is 2. The first-order chi connectivity index (χ1) is 42.3. The minimum absolute atomic E-state index is 0.176. The smallest absolute Gasteiger partial charge is 0.459 e. The molecular weight excluding hydrogens is 1200 g/mol. The molecule has 0 saturated carbocycles. The summed E-state index contributed by atoms with van der Waals surface area (Å²) in [5.74, 6) is -3.65. The third-order valence-electron chi connectivity index (χ3n) is 14.5. The molecule has 26 heteroatoms. The third-order valence-corrected chi connectivity index (χ3v) is 17.8. The van der Waals surface area contributed by atoms with E-state index in [2.05, 4.69) is 10.2 Å². The largest absolute Gasteiger partial charge is 0.464 e. The lowest BCUT2D eigenvalue weighted by atomic mass is 9.99. The number of rotatable bonds is 22. The highest BCUT2D eigenvalue weighted by atomic mass is 31.2. The highest BCUT2D eigenvalue weighted by molar-refractivity contribution is 7.52. The van der Waals surface area contributed by atoms with Crippen LogP contribution in [0.25, 0.3) is 21.5 Å². The summed E-state index contributed by atoms with van der Waals surface area (Å²) in [5.41, 5.74) is 11.1. The van der Waals surface area contributed by atoms with Gasteiger partial charge in [-0.05, 0) is 87.4 Å². The van der Waals surface area contributed by atoms with Crippen LogP contribution in [-0.4, -0.2) is 110 Å². The number of hydrogen-bond acceptors (Lipinski definition) is 18. The summed E-state index contributed by atoms with van der Waals surface area (Å²) in [4.78, 5) is 49.4. The fourth-order valence-corrected chi connectivity index (χ4v) is 13.4. The molecule has 4 fully saturated rings. The molecule has 4 saturated heterocycles. The maximum atomic E-state index is 14.4. The molecule has 2 aromatic heterocycles. The lowest BCUT2D eigenvalue weighted by Crippen LogP contribution is -2.46. The standard InChI is InChI=1S/2C32H40N3O9P/c2*1-20(30(37)39-19-31(2,3)4)34-45(38,44-24-15-9-12-21-11-7-8-14-23(21)24)40-18-25-26-27(43-32(5,6)42-26)29(41-25)35-16-10-13-22(17-35)28(33)36/h2*7-17,20,25-27,29H,18-19H2,1-6H3,(H2-,33,34,36,38)/p+2/t2*20?,25?,26-,27-,29-,45?/m11/s1. The number of nitrogens with one attached hydrogen (secondary N) is 2. The first kappa shape index (κ1) is 67.6. The predicted octanol–water partition coefficient (Wildman–Crippen LogP) is 8.83. The molecule has 2 amide bonds. The van der Waals surface area contributed by atoms with Gasteiger partial charge >= 0.3 is 27.4 Å². The number of hydrogen-bond donors (Lipinski definition) is 4. The van der Waals surface area contributed by atoms with Gasteiger partial charge in [-0.1, -0.05) is 114 Å². The number of nitrogens with two attached hydrogens (primary N) is 2. The molecule has 6 heterocycles. The van der Waals surface area contributed by atoms with E-state index in [1.54, 1.807) is 110 Å². The second-order valence-corrected chi connectivity index (χ2v) is 29.2. The van der Waals surface area contributed by atoms with Crippen molar-refractivity contribution in [2.45, 2.75) is 156 Å². The van der Waals surface area contributed by atoms with Crippen LogP contribution in [-0.2, 0) is 65.7 Å². The fraction of sp³-hybridized carbons (Fsp3) is 0.469. The van der Waals surface area contributed by atoms with Crippen LogP contribution in [0.3, 0.4) is 0 Å².